The number of aryl methyl sites for hydroxylation is 2. The van der Waals surface area contributed by atoms with Gasteiger partial charge >= 0.3 is 0 Å². The van der Waals surface area contributed by atoms with Crippen molar-refractivity contribution in [2.75, 3.05) is 31.0 Å². The Kier molecular flexibility index (Phi) is 6.59. The van der Waals surface area contributed by atoms with E-state index < -0.39 is 10.0 Å². The highest BCUT2D eigenvalue weighted by Gasteiger charge is 2.20. The number of aromatic nitrogens is 2. The third-order valence-electron chi connectivity index (χ3n) is 5.09. The zero-order valence-electron chi connectivity index (χ0n) is 17.3. The highest BCUT2D eigenvalue weighted by molar-refractivity contribution is 7.95. The Morgan fingerprint density at radius 2 is 1.90 bits per heavy atom. The molecule has 1 N–H and O–H groups in total. The molecule has 0 saturated carbocycles. The van der Waals surface area contributed by atoms with E-state index in [-0.39, 0.29) is 0 Å². The van der Waals surface area contributed by atoms with Gasteiger partial charge in [0, 0.05) is 23.0 Å². The van der Waals surface area contributed by atoms with Gasteiger partial charge in [0.05, 0.1) is 30.6 Å². The first-order valence-corrected chi connectivity index (χ1v) is 12.6. The Hall–Kier alpha value is -2.04. The minimum absolute atomic E-state index is 0.316. The SMILES string of the molecule is Cc1sc2nc(CN3CCOCC3)nc(NS(=O)(=O)/C=C/c3ccc(Cl)cc3)c2c1C. The van der Waals surface area contributed by atoms with Crippen LogP contribution >= 0.6 is 22.9 Å². The van der Waals surface area contributed by atoms with E-state index in [4.69, 9.17) is 21.3 Å². The summed E-state index contributed by atoms with van der Waals surface area (Å²) in [6.45, 7) is 7.46. The lowest BCUT2D eigenvalue weighted by Gasteiger charge is -2.25. The molecule has 4 rings (SSSR count). The molecule has 0 radical (unpaired) electrons. The largest absolute Gasteiger partial charge is 0.379 e. The van der Waals surface area contributed by atoms with Gasteiger partial charge in [-0.05, 0) is 43.2 Å². The van der Waals surface area contributed by atoms with Crippen molar-refractivity contribution in [2.45, 2.75) is 20.4 Å². The van der Waals surface area contributed by atoms with Gasteiger partial charge in [0.25, 0.3) is 10.0 Å². The van der Waals surface area contributed by atoms with Crippen molar-refractivity contribution in [1.29, 1.82) is 0 Å². The Morgan fingerprint density at radius 1 is 1.19 bits per heavy atom. The number of hydrogen-bond acceptors (Lipinski definition) is 7. The number of rotatable bonds is 6. The summed E-state index contributed by atoms with van der Waals surface area (Å²) in [5, 5.41) is 2.48. The molecule has 0 amide bonds. The predicted octanol–water partition coefficient (Wildman–Crippen LogP) is 4.21. The van der Waals surface area contributed by atoms with Gasteiger partial charge in [0.1, 0.15) is 10.7 Å². The van der Waals surface area contributed by atoms with Crippen LogP contribution in [0.5, 0.6) is 0 Å². The minimum Gasteiger partial charge on any atom is -0.379 e. The van der Waals surface area contributed by atoms with Crippen LogP contribution in [0.1, 0.15) is 21.8 Å². The number of ether oxygens (including phenoxy) is 1. The van der Waals surface area contributed by atoms with Crippen molar-refractivity contribution in [2.24, 2.45) is 0 Å². The van der Waals surface area contributed by atoms with E-state index in [1.807, 2.05) is 13.8 Å². The van der Waals surface area contributed by atoms with Crippen LogP contribution in [0, 0.1) is 13.8 Å². The molecule has 7 nitrogen and oxygen atoms in total. The Morgan fingerprint density at radius 3 is 2.61 bits per heavy atom. The average Bonchev–Trinajstić information content (AvgIpc) is 3.02. The average molecular weight is 479 g/mol. The Bertz CT molecular complexity index is 1220. The van der Waals surface area contributed by atoms with Gasteiger partial charge in [0.2, 0.25) is 0 Å². The molecule has 164 valence electrons. The van der Waals surface area contributed by atoms with Crippen LogP contribution in [0.4, 0.5) is 5.82 Å². The molecule has 0 aliphatic carbocycles. The maximum absolute atomic E-state index is 12.8. The van der Waals surface area contributed by atoms with Crippen molar-refractivity contribution in [3.8, 4) is 0 Å². The number of benzene rings is 1. The highest BCUT2D eigenvalue weighted by Crippen LogP contribution is 2.34. The number of hydrogen-bond donors (Lipinski definition) is 1. The predicted molar refractivity (Wildman–Crippen MR) is 126 cm³/mol. The van der Waals surface area contributed by atoms with Gasteiger partial charge in [-0.1, -0.05) is 23.7 Å². The number of anilines is 1. The summed E-state index contributed by atoms with van der Waals surface area (Å²) in [5.74, 6) is 0.908. The van der Waals surface area contributed by atoms with E-state index in [2.05, 4.69) is 14.6 Å². The maximum atomic E-state index is 12.8. The van der Waals surface area contributed by atoms with Crippen molar-refractivity contribution in [3.63, 3.8) is 0 Å². The number of sulfonamides is 1. The molecule has 1 saturated heterocycles. The first-order valence-electron chi connectivity index (χ1n) is 9.84. The van der Waals surface area contributed by atoms with Gasteiger partial charge in [-0.2, -0.15) is 0 Å². The van der Waals surface area contributed by atoms with Gasteiger partial charge in [-0.15, -0.1) is 11.3 Å². The van der Waals surface area contributed by atoms with E-state index in [0.717, 1.165) is 44.7 Å². The molecule has 1 aliphatic heterocycles. The van der Waals surface area contributed by atoms with Gasteiger partial charge in [-0.25, -0.2) is 18.4 Å². The molecular formula is C21H23ClN4O3S2. The molecule has 0 unspecified atom stereocenters. The van der Waals surface area contributed by atoms with E-state index >= 15 is 0 Å². The van der Waals surface area contributed by atoms with Crippen molar-refractivity contribution < 1.29 is 13.2 Å². The van der Waals surface area contributed by atoms with Gasteiger partial charge in [0.15, 0.2) is 5.82 Å². The van der Waals surface area contributed by atoms with Gasteiger partial charge < -0.3 is 4.74 Å². The second-order valence-corrected chi connectivity index (χ2v) is 10.5. The second kappa shape index (κ2) is 9.22. The summed E-state index contributed by atoms with van der Waals surface area (Å²) in [5.41, 5.74) is 1.72. The highest BCUT2D eigenvalue weighted by atomic mass is 35.5. The minimum atomic E-state index is -3.77. The topological polar surface area (TPSA) is 84.4 Å². The zero-order valence-corrected chi connectivity index (χ0v) is 19.6. The van der Waals surface area contributed by atoms with Crippen LogP contribution in [0.15, 0.2) is 29.7 Å². The van der Waals surface area contributed by atoms with E-state index in [0.29, 0.717) is 36.4 Å². The number of nitrogens with one attached hydrogen (secondary N) is 1. The molecule has 31 heavy (non-hydrogen) atoms. The lowest BCUT2D eigenvalue weighted by atomic mass is 10.2. The monoisotopic (exact) mass is 478 g/mol. The van der Waals surface area contributed by atoms with E-state index in [1.165, 1.54) is 6.08 Å². The lowest BCUT2D eigenvalue weighted by Crippen LogP contribution is -2.36. The van der Waals surface area contributed by atoms with Crippen LogP contribution in [0.2, 0.25) is 5.02 Å². The fraction of sp³-hybridized carbons (Fsp3) is 0.333. The molecule has 3 aromatic rings. The first kappa shape index (κ1) is 22.2. The van der Waals surface area contributed by atoms with Crippen molar-refractivity contribution >= 4 is 55.1 Å². The third-order valence-corrected chi connectivity index (χ3v) is 7.42. The van der Waals surface area contributed by atoms with Crippen LogP contribution in [-0.4, -0.2) is 49.6 Å². The van der Waals surface area contributed by atoms with E-state index in [1.54, 1.807) is 35.6 Å². The summed E-state index contributed by atoms with van der Waals surface area (Å²) in [4.78, 5) is 13.4. The fourth-order valence-electron chi connectivity index (χ4n) is 3.31. The molecule has 3 heterocycles. The number of morpholine rings is 1. The van der Waals surface area contributed by atoms with Crippen LogP contribution in [0.3, 0.4) is 0 Å². The number of fused-ring (bicyclic) bond motifs is 1. The van der Waals surface area contributed by atoms with Crippen LogP contribution < -0.4 is 4.72 Å². The molecule has 1 aliphatic rings. The second-order valence-electron chi connectivity index (χ2n) is 7.34. The molecular weight excluding hydrogens is 456 g/mol. The number of nitrogens with zero attached hydrogens (tertiary/aromatic N) is 3. The molecule has 0 bridgehead atoms. The summed E-state index contributed by atoms with van der Waals surface area (Å²) in [6.07, 6.45) is 1.53. The Balaban J connectivity index is 1.65. The third kappa shape index (κ3) is 5.42. The summed E-state index contributed by atoms with van der Waals surface area (Å²) in [6, 6.07) is 6.93. The van der Waals surface area contributed by atoms with Crippen LogP contribution in [-0.2, 0) is 21.3 Å². The quantitative estimate of drug-likeness (QED) is 0.571. The summed E-state index contributed by atoms with van der Waals surface area (Å²) < 4.78 is 33.6. The number of halogens is 1. The molecule has 1 fully saturated rings. The first-order chi connectivity index (χ1) is 14.8. The lowest BCUT2D eigenvalue weighted by molar-refractivity contribution is 0.0331. The van der Waals surface area contributed by atoms with Crippen LogP contribution in [0.25, 0.3) is 16.3 Å². The van der Waals surface area contributed by atoms with Gasteiger partial charge in [-0.3, -0.25) is 9.62 Å². The van der Waals surface area contributed by atoms with Crippen molar-refractivity contribution in [3.05, 3.63) is 56.5 Å². The molecule has 10 heteroatoms. The summed E-state index contributed by atoms with van der Waals surface area (Å²) in [7, 11) is -3.77. The smallest absolute Gasteiger partial charge is 0.256 e. The van der Waals surface area contributed by atoms with E-state index in [9.17, 15) is 8.42 Å². The zero-order chi connectivity index (χ0) is 22.0. The fourth-order valence-corrected chi connectivity index (χ4v) is 5.30. The van der Waals surface area contributed by atoms with Crippen molar-refractivity contribution in [1.82, 2.24) is 14.9 Å². The standard InChI is InChI=1S/C21H23ClN4O3S2/c1-14-15(2)30-21-19(14)20(23-18(24-21)13-26-8-10-29-11-9-26)25-31(27,28)12-7-16-3-5-17(22)6-4-16/h3-7,12H,8-11,13H2,1-2H3,(H,23,24,25)/b12-7+. The number of thiophene rings is 1. The maximum Gasteiger partial charge on any atom is 0.256 e. The Labute approximate surface area is 190 Å². The molecule has 0 atom stereocenters. The summed E-state index contributed by atoms with van der Waals surface area (Å²) >= 11 is 7.43. The normalized spacial score (nSPS) is 15.7. The molecule has 0 spiro atoms. The molecule has 1 aromatic carbocycles. The molecule has 2 aromatic heterocycles.